The molecule has 0 saturated carbocycles. The molecule has 0 bridgehead atoms. The quantitative estimate of drug-likeness (QED) is 0.627. The number of hydrogen-bond acceptors (Lipinski definition) is 5. The number of aliphatic hydroxyl groups is 1. The second-order valence-corrected chi connectivity index (χ2v) is 5.40. The third-order valence-corrected chi connectivity index (χ3v) is 3.56. The van der Waals surface area contributed by atoms with E-state index in [9.17, 15) is 14.7 Å². The number of hydrogen-bond donors (Lipinski definition) is 3. The van der Waals surface area contributed by atoms with Crippen molar-refractivity contribution in [1.82, 2.24) is 10.2 Å². The van der Waals surface area contributed by atoms with Crippen LogP contribution in [-0.2, 0) is 11.3 Å². The van der Waals surface area contributed by atoms with Crippen molar-refractivity contribution in [3.8, 4) is 0 Å². The van der Waals surface area contributed by atoms with Crippen LogP contribution < -0.4 is 5.32 Å². The fourth-order valence-electron chi connectivity index (χ4n) is 2.00. The van der Waals surface area contributed by atoms with Gasteiger partial charge in [0.15, 0.2) is 5.76 Å². The smallest absolute Gasteiger partial charge is 0.326 e. The van der Waals surface area contributed by atoms with Gasteiger partial charge in [-0.05, 0) is 25.1 Å². The van der Waals surface area contributed by atoms with Gasteiger partial charge in [0.05, 0.1) is 13.2 Å². The van der Waals surface area contributed by atoms with Gasteiger partial charge in [-0.1, -0.05) is 20.3 Å². The zero-order valence-corrected chi connectivity index (χ0v) is 13.2. The molecule has 2 unspecified atom stereocenters. The number of carboxylic acid groups (broad SMARTS) is 1. The van der Waals surface area contributed by atoms with Crippen molar-refractivity contribution in [3.63, 3.8) is 0 Å². The Balaban J connectivity index is 2.69. The summed E-state index contributed by atoms with van der Waals surface area (Å²) in [5.41, 5.74) is 0. The van der Waals surface area contributed by atoms with Gasteiger partial charge in [-0.15, -0.1) is 0 Å². The Kier molecular flexibility index (Phi) is 7.07. The van der Waals surface area contributed by atoms with E-state index in [4.69, 9.17) is 9.52 Å². The molecule has 124 valence electrons. The van der Waals surface area contributed by atoms with Gasteiger partial charge in [0, 0.05) is 6.54 Å². The maximum absolute atomic E-state index is 12.1. The predicted octanol–water partition coefficient (Wildman–Crippen LogP) is 0.933. The van der Waals surface area contributed by atoms with E-state index in [0.29, 0.717) is 25.3 Å². The number of furan rings is 1. The third kappa shape index (κ3) is 5.16. The lowest BCUT2D eigenvalue weighted by molar-refractivity contribution is -0.140. The van der Waals surface area contributed by atoms with Crippen LogP contribution in [0.25, 0.3) is 0 Å². The summed E-state index contributed by atoms with van der Waals surface area (Å²) in [4.78, 5) is 25.1. The van der Waals surface area contributed by atoms with E-state index in [-0.39, 0.29) is 18.3 Å². The molecule has 0 fully saturated rings. The molecule has 0 aromatic carbocycles. The van der Waals surface area contributed by atoms with E-state index in [1.807, 2.05) is 18.9 Å². The third-order valence-electron chi connectivity index (χ3n) is 3.56. The second kappa shape index (κ2) is 8.55. The number of nitrogens with one attached hydrogen (secondary N) is 1. The summed E-state index contributed by atoms with van der Waals surface area (Å²) in [6, 6.07) is 2.25. The molecule has 0 radical (unpaired) electrons. The van der Waals surface area contributed by atoms with E-state index < -0.39 is 17.9 Å². The van der Waals surface area contributed by atoms with E-state index in [0.717, 1.165) is 0 Å². The van der Waals surface area contributed by atoms with Crippen LogP contribution in [0.4, 0.5) is 0 Å². The molecule has 1 heterocycles. The Morgan fingerprint density at radius 3 is 2.64 bits per heavy atom. The normalized spacial score (nSPS) is 13.9. The van der Waals surface area contributed by atoms with Gasteiger partial charge >= 0.3 is 5.97 Å². The monoisotopic (exact) mass is 312 g/mol. The van der Waals surface area contributed by atoms with Crippen molar-refractivity contribution in [2.75, 3.05) is 20.2 Å². The molecule has 22 heavy (non-hydrogen) atoms. The molecule has 3 N–H and O–H groups in total. The van der Waals surface area contributed by atoms with E-state index >= 15 is 0 Å². The van der Waals surface area contributed by atoms with Gasteiger partial charge in [0.2, 0.25) is 0 Å². The molecule has 1 aromatic rings. The van der Waals surface area contributed by atoms with E-state index in [1.54, 1.807) is 13.0 Å². The molecule has 1 rings (SSSR count). The minimum absolute atomic E-state index is 0.0414. The maximum atomic E-state index is 12.1. The molecule has 7 heteroatoms. The summed E-state index contributed by atoms with van der Waals surface area (Å²) in [6.07, 6.45) is 0.645. The van der Waals surface area contributed by atoms with Crippen molar-refractivity contribution in [3.05, 3.63) is 23.7 Å². The minimum atomic E-state index is -1.06. The number of amides is 1. The van der Waals surface area contributed by atoms with Crippen molar-refractivity contribution < 1.29 is 24.2 Å². The lowest BCUT2D eigenvalue weighted by Crippen LogP contribution is -2.44. The highest BCUT2D eigenvalue weighted by Gasteiger charge is 2.26. The van der Waals surface area contributed by atoms with Crippen LogP contribution in [0, 0.1) is 5.92 Å². The molecule has 1 amide bonds. The second-order valence-electron chi connectivity index (χ2n) is 5.40. The average molecular weight is 312 g/mol. The van der Waals surface area contributed by atoms with Crippen LogP contribution in [0.2, 0.25) is 0 Å². The summed E-state index contributed by atoms with van der Waals surface area (Å²) in [5, 5.41) is 20.5. The van der Waals surface area contributed by atoms with Gasteiger partial charge in [0.1, 0.15) is 11.8 Å². The van der Waals surface area contributed by atoms with Gasteiger partial charge < -0.3 is 19.9 Å². The zero-order chi connectivity index (χ0) is 16.7. The molecule has 0 spiro atoms. The topological polar surface area (TPSA) is 103 Å². The Labute approximate surface area is 129 Å². The zero-order valence-electron chi connectivity index (χ0n) is 13.2. The molecule has 0 saturated heterocycles. The number of nitrogens with zero attached hydrogens (tertiary/aromatic N) is 1. The summed E-state index contributed by atoms with van der Waals surface area (Å²) >= 11 is 0. The van der Waals surface area contributed by atoms with Crippen molar-refractivity contribution in [2.24, 2.45) is 5.92 Å². The minimum Gasteiger partial charge on any atom is -0.480 e. The first-order valence-electron chi connectivity index (χ1n) is 7.30. The fourth-order valence-corrected chi connectivity index (χ4v) is 2.00. The first-order valence-corrected chi connectivity index (χ1v) is 7.30. The molecule has 0 aliphatic carbocycles. The number of carboxylic acids is 1. The molecular formula is C15H24N2O5. The van der Waals surface area contributed by atoms with Crippen LogP contribution in [-0.4, -0.2) is 53.2 Å². The molecule has 1 aromatic heterocycles. The Morgan fingerprint density at radius 1 is 1.41 bits per heavy atom. The highest BCUT2D eigenvalue weighted by Crippen LogP contribution is 2.12. The first kappa shape index (κ1) is 18.2. The number of carbonyl (C=O) groups is 2. The number of aliphatic carboxylic acids is 1. The number of aliphatic hydroxyl groups excluding tert-OH is 1. The summed E-state index contributed by atoms with van der Waals surface area (Å²) in [6.45, 7) is 4.64. The molecule has 0 aliphatic heterocycles. The van der Waals surface area contributed by atoms with E-state index in [1.165, 1.54) is 6.07 Å². The Bertz CT molecular complexity index is 500. The maximum Gasteiger partial charge on any atom is 0.326 e. The summed E-state index contributed by atoms with van der Waals surface area (Å²) < 4.78 is 5.43. The van der Waals surface area contributed by atoms with Gasteiger partial charge in [0.25, 0.3) is 5.91 Å². The first-order chi connectivity index (χ1) is 10.4. The van der Waals surface area contributed by atoms with Crippen molar-refractivity contribution in [1.29, 1.82) is 0 Å². The van der Waals surface area contributed by atoms with Crippen LogP contribution in [0.3, 0.4) is 0 Å². The van der Waals surface area contributed by atoms with Crippen LogP contribution in [0.1, 0.15) is 36.6 Å². The highest BCUT2D eigenvalue weighted by molar-refractivity contribution is 5.94. The van der Waals surface area contributed by atoms with Gasteiger partial charge in [-0.25, -0.2) is 4.79 Å². The lowest BCUT2D eigenvalue weighted by atomic mass is 9.99. The summed E-state index contributed by atoms with van der Waals surface area (Å²) in [7, 11) is 1.82. The SMILES string of the molecule is CCC(C)C(NC(=O)c1ccc(CN(C)CCO)o1)C(=O)O. The predicted molar refractivity (Wildman–Crippen MR) is 80.5 cm³/mol. The fraction of sp³-hybridized carbons (Fsp3) is 0.600. The summed E-state index contributed by atoms with van der Waals surface area (Å²) in [5.74, 6) is -1.11. The largest absolute Gasteiger partial charge is 0.480 e. The molecule has 0 aliphatic rings. The van der Waals surface area contributed by atoms with Crippen LogP contribution in [0.5, 0.6) is 0 Å². The van der Waals surface area contributed by atoms with Crippen molar-refractivity contribution in [2.45, 2.75) is 32.9 Å². The average Bonchev–Trinajstić information content (AvgIpc) is 2.92. The van der Waals surface area contributed by atoms with Crippen LogP contribution >= 0.6 is 0 Å². The Morgan fingerprint density at radius 2 is 2.09 bits per heavy atom. The Hall–Kier alpha value is -1.86. The number of rotatable bonds is 9. The van der Waals surface area contributed by atoms with Crippen LogP contribution in [0.15, 0.2) is 16.5 Å². The molecular weight excluding hydrogens is 288 g/mol. The number of likely N-dealkylation sites (N-methyl/N-ethyl adjacent to an activating group) is 1. The highest BCUT2D eigenvalue weighted by atomic mass is 16.4. The lowest BCUT2D eigenvalue weighted by Gasteiger charge is -2.19. The molecule has 2 atom stereocenters. The van der Waals surface area contributed by atoms with Crippen molar-refractivity contribution >= 4 is 11.9 Å². The van der Waals surface area contributed by atoms with E-state index in [2.05, 4.69) is 5.32 Å². The standard InChI is InChI=1S/C15H24N2O5/c1-4-10(2)13(15(20)21)16-14(19)12-6-5-11(22-12)9-17(3)7-8-18/h5-6,10,13,18H,4,7-9H2,1-3H3,(H,16,19)(H,20,21). The number of carbonyl (C=O) groups excluding carboxylic acids is 1. The van der Waals surface area contributed by atoms with Gasteiger partial charge in [-0.3, -0.25) is 9.69 Å². The molecule has 7 nitrogen and oxygen atoms in total. The van der Waals surface area contributed by atoms with Gasteiger partial charge in [-0.2, -0.15) is 0 Å².